The summed E-state index contributed by atoms with van der Waals surface area (Å²) in [5.41, 5.74) is 1.94. The number of phenols is 1. The zero-order chi connectivity index (χ0) is 25.2. The predicted octanol–water partition coefficient (Wildman–Crippen LogP) is 2.54. The van der Waals surface area contributed by atoms with Gasteiger partial charge in [0.15, 0.2) is 0 Å². The van der Waals surface area contributed by atoms with Gasteiger partial charge in [-0.3, -0.25) is 9.80 Å². The number of amides is 2. The van der Waals surface area contributed by atoms with E-state index >= 15 is 0 Å². The first-order chi connectivity index (χ1) is 18.2. The monoisotopic (exact) mass is 524 g/mol. The van der Waals surface area contributed by atoms with Crippen molar-refractivity contribution in [3.63, 3.8) is 0 Å². The first-order valence-corrected chi connectivity index (χ1v) is 13.7. The summed E-state index contributed by atoms with van der Waals surface area (Å²) < 4.78 is 12.6. The Morgan fingerprint density at radius 1 is 1.00 bits per heavy atom. The van der Waals surface area contributed by atoms with Crippen LogP contribution >= 0.6 is 11.3 Å². The van der Waals surface area contributed by atoms with Crippen LogP contribution in [0.2, 0.25) is 0 Å². The minimum Gasteiger partial charge on any atom is -0.508 e. The molecule has 0 bridgehead atoms. The lowest BCUT2D eigenvalue weighted by Crippen LogP contribution is -2.57. The van der Waals surface area contributed by atoms with Gasteiger partial charge in [-0.15, -0.1) is 11.3 Å². The Bertz CT molecular complexity index is 1190. The second kappa shape index (κ2) is 10.9. The molecule has 2 atom stereocenters. The molecule has 2 amide bonds. The van der Waals surface area contributed by atoms with Gasteiger partial charge in [-0.25, -0.2) is 14.8 Å². The van der Waals surface area contributed by atoms with Gasteiger partial charge in [-0.2, -0.15) is 0 Å². The van der Waals surface area contributed by atoms with Crippen LogP contribution in [-0.2, 0) is 9.47 Å². The van der Waals surface area contributed by atoms with E-state index in [1.54, 1.807) is 29.8 Å². The molecule has 1 aromatic carbocycles. The number of fused-ring (bicyclic) bond motifs is 1. The second-order valence-corrected chi connectivity index (χ2v) is 10.8. The number of nitrogens with zero attached hydrogens (tertiary/aromatic N) is 6. The molecule has 1 N–H and O–H groups in total. The van der Waals surface area contributed by atoms with Crippen molar-refractivity contribution in [2.24, 2.45) is 0 Å². The van der Waals surface area contributed by atoms with Gasteiger partial charge < -0.3 is 24.4 Å². The van der Waals surface area contributed by atoms with Gasteiger partial charge in [0, 0.05) is 63.4 Å². The van der Waals surface area contributed by atoms with Crippen LogP contribution in [0.15, 0.2) is 42.9 Å². The molecular weight excluding hydrogens is 492 g/mol. The second-order valence-electron chi connectivity index (χ2n) is 9.65. The van der Waals surface area contributed by atoms with E-state index in [1.807, 2.05) is 28.1 Å². The van der Waals surface area contributed by atoms with Crippen LogP contribution in [-0.4, -0.2) is 113 Å². The Morgan fingerprint density at radius 3 is 2.59 bits per heavy atom. The molecule has 37 heavy (non-hydrogen) atoms. The van der Waals surface area contributed by atoms with Gasteiger partial charge in [0.2, 0.25) is 0 Å². The molecule has 2 aromatic heterocycles. The summed E-state index contributed by atoms with van der Waals surface area (Å²) in [5.74, 6) is 0.249. The average molecular weight is 525 g/mol. The van der Waals surface area contributed by atoms with E-state index in [0.29, 0.717) is 52.5 Å². The first kappa shape index (κ1) is 24.5. The Kier molecular flexibility index (Phi) is 7.21. The lowest BCUT2D eigenvalue weighted by Gasteiger charge is -2.46. The number of benzene rings is 1. The maximum atomic E-state index is 13.1. The van der Waals surface area contributed by atoms with Gasteiger partial charge in [0.25, 0.3) is 0 Å². The molecule has 3 aliphatic heterocycles. The lowest BCUT2D eigenvalue weighted by molar-refractivity contribution is -0.0831. The van der Waals surface area contributed by atoms with Gasteiger partial charge in [-0.05, 0) is 23.8 Å². The van der Waals surface area contributed by atoms with Crippen molar-refractivity contribution in [1.82, 2.24) is 29.6 Å². The first-order valence-electron chi connectivity index (χ1n) is 12.9. The van der Waals surface area contributed by atoms with Gasteiger partial charge in [0.05, 0.1) is 42.3 Å². The van der Waals surface area contributed by atoms with Crippen LogP contribution in [0.3, 0.4) is 0 Å². The van der Waals surface area contributed by atoms with Crippen molar-refractivity contribution in [1.29, 1.82) is 0 Å². The molecule has 0 saturated carbocycles. The van der Waals surface area contributed by atoms with E-state index in [4.69, 9.17) is 9.47 Å². The van der Waals surface area contributed by atoms with E-state index in [2.05, 4.69) is 25.8 Å². The highest BCUT2D eigenvalue weighted by Crippen LogP contribution is 2.37. The van der Waals surface area contributed by atoms with Crippen molar-refractivity contribution in [3.05, 3.63) is 53.3 Å². The molecule has 3 aliphatic rings. The number of aromatic nitrogens is 2. The van der Waals surface area contributed by atoms with Crippen LogP contribution in [0.4, 0.5) is 4.79 Å². The normalized spacial score (nSPS) is 22.9. The van der Waals surface area contributed by atoms with Crippen molar-refractivity contribution < 1.29 is 19.4 Å². The number of thiophene rings is 1. The highest BCUT2D eigenvalue weighted by atomic mass is 32.1. The van der Waals surface area contributed by atoms with E-state index in [0.717, 1.165) is 35.4 Å². The van der Waals surface area contributed by atoms with Gasteiger partial charge in [-0.1, -0.05) is 12.1 Å². The van der Waals surface area contributed by atoms with Crippen LogP contribution < -0.4 is 0 Å². The molecule has 3 fully saturated rings. The standard InChI is InChI=1S/C26H32N6O4S/c33-20-3-1-2-19(14-20)22-17-32(10-13-36-22)25(23-15-21-24(37-23)16-27-18-28-21)29-4-6-30(7-5-29)26(34)31-8-11-35-12-9-31/h1-3,14-16,18,22,25,33H,4-13,17H2. The topological polar surface area (TPSA) is 94.5 Å². The minimum absolute atomic E-state index is 0.0450. The number of piperazine rings is 1. The summed E-state index contributed by atoms with van der Waals surface area (Å²) in [5, 5.41) is 10.0. The number of urea groups is 1. The number of morpholine rings is 2. The third-order valence-corrected chi connectivity index (χ3v) is 8.47. The Morgan fingerprint density at radius 2 is 1.81 bits per heavy atom. The summed E-state index contributed by atoms with van der Waals surface area (Å²) in [6.07, 6.45) is 3.39. The smallest absolute Gasteiger partial charge is 0.320 e. The van der Waals surface area contributed by atoms with Crippen molar-refractivity contribution in [2.45, 2.75) is 12.3 Å². The maximum Gasteiger partial charge on any atom is 0.320 e. The average Bonchev–Trinajstić information content (AvgIpc) is 3.37. The number of hydrogen-bond acceptors (Lipinski definition) is 9. The maximum absolute atomic E-state index is 13.1. The molecule has 11 heteroatoms. The molecule has 0 radical (unpaired) electrons. The number of carbonyl (C=O) groups excluding carboxylic acids is 1. The molecule has 3 saturated heterocycles. The highest BCUT2D eigenvalue weighted by Gasteiger charge is 2.36. The van der Waals surface area contributed by atoms with Crippen LogP contribution in [0, 0.1) is 0 Å². The summed E-state index contributed by atoms with van der Waals surface area (Å²) in [7, 11) is 0. The lowest BCUT2D eigenvalue weighted by atomic mass is 10.1. The fraction of sp³-hybridized carbons (Fsp3) is 0.500. The number of aromatic hydroxyl groups is 1. The molecule has 0 spiro atoms. The molecule has 2 unspecified atom stereocenters. The fourth-order valence-corrected chi connectivity index (χ4v) is 6.61. The number of phenolic OH excluding ortho intramolecular Hbond substituents is 1. The summed E-state index contributed by atoms with van der Waals surface area (Å²) in [6.45, 7) is 7.62. The number of carbonyl (C=O) groups is 1. The number of hydrogen-bond donors (Lipinski definition) is 1. The third kappa shape index (κ3) is 5.27. The molecule has 0 aliphatic carbocycles. The molecule has 5 heterocycles. The zero-order valence-electron chi connectivity index (χ0n) is 20.7. The van der Waals surface area contributed by atoms with E-state index < -0.39 is 0 Å². The molecule has 10 nitrogen and oxygen atoms in total. The highest BCUT2D eigenvalue weighted by molar-refractivity contribution is 7.19. The van der Waals surface area contributed by atoms with Gasteiger partial charge in [0.1, 0.15) is 12.1 Å². The van der Waals surface area contributed by atoms with E-state index in [1.165, 1.54) is 4.88 Å². The SMILES string of the molecule is O=C(N1CCOCC1)N1CCN(C(c2cc3ncncc3s2)N2CCOC(c3cccc(O)c3)C2)CC1. The summed E-state index contributed by atoms with van der Waals surface area (Å²) >= 11 is 1.73. The van der Waals surface area contributed by atoms with E-state index in [9.17, 15) is 9.90 Å². The predicted molar refractivity (Wildman–Crippen MR) is 139 cm³/mol. The fourth-order valence-electron chi connectivity index (χ4n) is 5.45. The minimum atomic E-state index is -0.123. The molecule has 196 valence electrons. The van der Waals surface area contributed by atoms with Crippen molar-refractivity contribution >= 4 is 27.6 Å². The Hall–Kier alpha value is -2.83. The summed E-state index contributed by atoms with van der Waals surface area (Å²) in [6, 6.07) is 9.63. The quantitative estimate of drug-likeness (QED) is 0.557. The van der Waals surface area contributed by atoms with E-state index in [-0.39, 0.29) is 24.1 Å². The Labute approximate surface area is 220 Å². The molecular formula is C26H32N6O4S. The van der Waals surface area contributed by atoms with Crippen LogP contribution in [0.25, 0.3) is 10.2 Å². The largest absolute Gasteiger partial charge is 0.508 e. The van der Waals surface area contributed by atoms with Gasteiger partial charge >= 0.3 is 6.03 Å². The Balaban J connectivity index is 1.23. The molecule has 3 aromatic rings. The molecule has 6 rings (SSSR count). The van der Waals surface area contributed by atoms with Crippen molar-refractivity contribution in [2.75, 3.05) is 72.2 Å². The summed E-state index contributed by atoms with van der Waals surface area (Å²) in [4.78, 5) is 31.8. The van der Waals surface area contributed by atoms with Crippen LogP contribution in [0.1, 0.15) is 22.7 Å². The number of rotatable bonds is 4. The van der Waals surface area contributed by atoms with Crippen LogP contribution in [0.5, 0.6) is 5.75 Å². The third-order valence-electron chi connectivity index (χ3n) is 7.37. The van der Waals surface area contributed by atoms with Crippen molar-refractivity contribution in [3.8, 4) is 5.75 Å². The number of ether oxygens (including phenoxy) is 2. The zero-order valence-corrected chi connectivity index (χ0v) is 21.6.